The third kappa shape index (κ3) is 6.83. The van der Waals surface area contributed by atoms with Crippen LogP contribution < -0.4 is 0 Å². The van der Waals surface area contributed by atoms with Crippen LogP contribution in [-0.2, 0) is 0 Å². The smallest absolute Gasteiger partial charge is 0.122 e. The average Bonchev–Trinajstić information content (AvgIpc) is 4.12. The highest BCUT2D eigenvalue weighted by Gasteiger charge is 2.29. The van der Waals surface area contributed by atoms with Crippen LogP contribution in [0.25, 0.3) is 22.3 Å². The van der Waals surface area contributed by atoms with E-state index in [-0.39, 0.29) is 5.76 Å². The summed E-state index contributed by atoms with van der Waals surface area (Å²) in [6.07, 6.45) is 25.9. The molecule has 59 heavy (non-hydrogen) atoms. The first-order valence-electron chi connectivity index (χ1n) is 19.6. The molecule has 0 saturated heterocycles. The minimum absolute atomic E-state index is 0.148. The van der Waals surface area contributed by atoms with Crippen LogP contribution >= 0.6 is 0 Å². The largest absolute Gasteiger partial charge is 0.507 e. The molecular formula is C53H37N5O. The first-order valence-corrected chi connectivity index (χ1v) is 19.6. The summed E-state index contributed by atoms with van der Waals surface area (Å²) in [7, 11) is 1.95. The second kappa shape index (κ2) is 15.2. The van der Waals surface area contributed by atoms with Crippen molar-refractivity contribution in [2.24, 2.45) is 20.0 Å². The van der Waals surface area contributed by atoms with Gasteiger partial charge in [0.05, 0.1) is 45.6 Å². The van der Waals surface area contributed by atoms with E-state index in [4.69, 9.17) is 20.0 Å². The third-order valence-corrected chi connectivity index (χ3v) is 10.7. The molecule has 4 aromatic carbocycles. The molecule has 0 spiro atoms. The topological polar surface area (TPSA) is 72.9 Å². The van der Waals surface area contributed by atoms with Crippen molar-refractivity contribution in [1.29, 1.82) is 0 Å². The lowest BCUT2D eigenvalue weighted by Gasteiger charge is -2.13. The molecule has 10 rings (SSSR count). The fraction of sp³-hybridized carbons (Fsp3) is 0.0189. The van der Waals surface area contributed by atoms with E-state index in [2.05, 4.69) is 91.1 Å². The third-order valence-electron chi connectivity index (χ3n) is 10.7. The zero-order valence-corrected chi connectivity index (χ0v) is 32.2. The Labute approximate surface area is 343 Å². The second-order valence-electron chi connectivity index (χ2n) is 14.5. The summed E-state index contributed by atoms with van der Waals surface area (Å²) in [5.41, 5.74) is 15.4. The van der Waals surface area contributed by atoms with Gasteiger partial charge in [-0.3, -0.25) is 0 Å². The SMILES string of the molecule is CN1C=CC(=C(O)/C=C/C2=CC3=NC2=C(c2ccccc2)C2=NC(=C(c4ccccc4)C4=NC(=C(c5ccccc5)C5=NC(=C3c3ccccc3)C=C5)C=C4)C=C2)C=C1. The predicted octanol–water partition coefficient (Wildman–Crippen LogP) is 11.4. The molecule has 0 aliphatic carbocycles. The summed E-state index contributed by atoms with van der Waals surface area (Å²) in [4.78, 5) is 23.6. The maximum absolute atomic E-state index is 11.4. The monoisotopic (exact) mass is 759 g/mol. The van der Waals surface area contributed by atoms with Gasteiger partial charge in [-0.05, 0) is 89.1 Å². The Balaban J connectivity index is 1.29. The number of fused-ring (bicyclic) bond motifs is 4. The Hall–Kier alpha value is -7.96. The van der Waals surface area contributed by atoms with Crippen molar-refractivity contribution < 1.29 is 5.11 Å². The minimum Gasteiger partial charge on any atom is -0.507 e. The van der Waals surface area contributed by atoms with Crippen LogP contribution in [0.2, 0.25) is 0 Å². The van der Waals surface area contributed by atoms with E-state index in [9.17, 15) is 5.11 Å². The molecule has 280 valence electrons. The highest BCUT2D eigenvalue weighted by atomic mass is 16.3. The van der Waals surface area contributed by atoms with Crippen LogP contribution in [-0.4, -0.2) is 39.9 Å². The number of aliphatic hydroxyl groups excluding tert-OH is 1. The van der Waals surface area contributed by atoms with Gasteiger partial charge >= 0.3 is 0 Å². The van der Waals surface area contributed by atoms with Gasteiger partial charge < -0.3 is 10.0 Å². The highest BCUT2D eigenvalue weighted by Crippen LogP contribution is 2.40. The van der Waals surface area contributed by atoms with Gasteiger partial charge in [0.25, 0.3) is 0 Å². The van der Waals surface area contributed by atoms with Gasteiger partial charge in [0.15, 0.2) is 0 Å². The maximum atomic E-state index is 11.4. The number of hydrogen-bond acceptors (Lipinski definition) is 6. The van der Waals surface area contributed by atoms with Crippen molar-refractivity contribution in [3.63, 3.8) is 0 Å². The molecule has 0 saturated carbocycles. The Kier molecular flexibility index (Phi) is 9.12. The maximum Gasteiger partial charge on any atom is 0.122 e. The molecule has 1 N–H and O–H groups in total. The average molecular weight is 760 g/mol. The highest BCUT2D eigenvalue weighted by molar-refractivity contribution is 6.40. The lowest BCUT2D eigenvalue weighted by Crippen LogP contribution is -2.04. The first kappa shape index (κ1) is 35.5. The van der Waals surface area contributed by atoms with Crippen LogP contribution in [0.3, 0.4) is 0 Å². The van der Waals surface area contributed by atoms with Crippen molar-refractivity contribution in [3.05, 3.63) is 263 Å². The molecule has 0 amide bonds. The van der Waals surface area contributed by atoms with Crippen molar-refractivity contribution in [1.82, 2.24) is 4.90 Å². The van der Waals surface area contributed by atoms with E-state index in [1.807, 2.05) is 115 Å². The summed E-state index contributed by atoms with van der Waals surface area (Å²) >= 11 is 0. The number of aliphatic imine (C=N–C) groups is 4. The summed E-state index contributed by atoms with van der Waals surface area (Å²) in [5.74, 6) is 0.148. The summed E-state index contributed by atoms with van der Waals surface area (Å²) < 4.78 is 0. The molecule has 6 aliphatic heterocycles. The normalized spacial score (nSPS) is 18.1. The number of benzene rings is 4. The molecule has 6 heteroatoms. The fourth-order valence-electron chi connectivity index (χ4n) is 7.85. The van der Waals surface area contributed by atoms with Crippen molar-refractivity contribution >= 4 is 45.1 Å². The van der Waals surface area contributed by atoms with Crippen LogP contribution in [0.5, 0.6) is 0 Å². The summed E-state index contributed by atoms with van der Waals surface area (Å²) in [6, 6.07) is 41.2. The molecule has 0 atom stereocenters. The van der Waals surface area contributed by atoms with Crippen molar-refractivity contribution in [3.8, 4) is 0 Å². The van der Waals surface area contributed by atoms with E-state index < -0.39 is 0 Å². The number of nitrogens with zero attached hydrogens (tertiary/aromatic N) is 5. The number of allylic oxidation sites excluding steroid dienone is 16. The Morgan fingerprint density at radius 3 is 1.29 bits per heavy atom. The molecule has 6 aliphatic rings. The molecule has 4 aromatic rings. The van der Waals surface area contributed by atoms with Crippen LogP contribution in [0.1, 0.15) is 22.3 Å². The fourth-order valence-corrected chi connectivity index (χ4v) is 7.85. The Morgan fingerprint density at radius 1 is 0.458 bits per heavy atom. The molecular weight excluding hydrogens is 723 g/mol. The van der Waals surface area contributed by atoms with Gasteiger partial charge in [-0.2, -0.15) is 0 Å². The molecule has 6 nitrogen and oxygen atoms in total. The summed E-state index contributed by atoms with van der Waals surface area (Å²) in [6.45, 7) is 0. The van der Waals surface area contributed by atoms with Gasteiger partial charge in [0.1, 0.15) is 5.76 Å². The molecule has 0 fully saturated rings. The standard InChI is InChI=1S/C53H37N5O/c1-58-32-30-35(31-33-58)48(59)29-22-40-34-47-51(38-18-10-4-11-19-38)45-26-25-43(55-45)49(36-14-6-2-7-15-36)41-23-24-42(54-41)50(37-16-8-3-9-17-37)44-27-28-46(56-44)52(53(40)57-47)39-20-12-5-13-21-39/h2-34,59H,1H3/b29-22+,49-41?,49-43?,50-42?,50-44?,51-45?,51-47?,52-46?,53-52?. The van der Waals surface area contributed by atoms with E-state index in [1.165, 1.54) is 0 Å². The van der Waals surface area contributed by atoms with E-state index in [0.29, 0.717) is 5.57 Å². The minimum atomic E-state index is 0.148. The predicted molar refractivity (Wildman–Crippen MR) is 244 cm³/mol. The van der Waals surface area contributed by atoms with Crippen LogP contribution in [0.15, 0.2) is 260 Å². The van der Waals surface area contributed by atoms with Crippen LogP contribution in [0.4, 0.5) is 0 Å². The van der Waals surface area contributed by atoms with Gasteiger partial charge in [-0.1, -0.05) is 121 Å². The molecule has 8 bridgehead atoms. The molecule has 0 aromatic heterocycles. The van der Waals surface area contributed by atoms with Crippen molar-refractivity contribution in [2.75, 3.05) is 7.05 Å². The summed E-state index contributed by atoms with van der Waals surface area (Å²) in [5, 5.41) is 11.4. The number of hydrogen-bond donors (Lipinski definition) is 1. The van der Waals surface area contributed by atoms with Gasteiger partial charge in [0.2, 0.25) is 0 Å². The van der Waals surface area contributed by atoms with E-state index in [0.717, 1.165) is 95.8 Å². The van der Waals surface area contributed by atoms with E-state index in [1.54, 1.807) is 6.08 Å². The Bertz CT molecular complexity index is 2920. The quantitative estimate of drug-likeness (QED) is 0.199. The van der Waals surface area contributed by atoms with E-state index >= 15 is 0 Å². The Morgan fingerprint density at radius 2 is 0.847 bits per heavy atom. The van der Waals surface area contributed by atoms with Crippen LogP contribution in [0, 0.1) is 0 Å². The zero-order valence-electron chi connectivity index (χ0n) is 32.2. The molecule has 0 unspecified atom stereocenters. The van der Waals surface area contributed by atoms with Gasteiger partial charge in [-0.25, -0.2) is 20.0 Å². The number of aliphatic hydroxyl groups is 1. The van der Waals surface area contributed by atoms with Gasteiger partial charge in [0, 0.05) is 52.9 Å². The lowest BCUT2D eigenvalue weighted by atomic mass is 9.95. The second-order valence-corrected chi connectivity index (χ2v) is 14.5. The zero-order chi connectivity index (χ0) is 39.7. The van der Waals surface area contributed by atoms with Crippen molar-refractivity contribution in [2.45, 2.75) is 0 Å². The molecule has 0 radical (unpaired) electrons. The number of rotatable bonds is 6. The van der Waals surface area contributed by atoms with Gasteiger partial charge in [-0.15, -0.1) is 0 Å². The lowest BCUT2D eigenvalue weighted by molar-refractivity contribution is 0.428. The first-order chi connectivity index (χ1) is 29.1. The molecule has 6 heterocycles.